The van der Waals surface area contributed by atoms with Gasteiger partial charge in [0.25, 0.3) is 0 Å². The quantitative estimate of drug-likeness (QED) is 0.590. The van der Waals surface area contributed by atoms with E-state index in [1.54, 1.807) is 0 Å². The first-order chi connectivity index (χ1) is 8.27. The molecule has 0 radical (unpaired) electrons. The molecule has 1 rings (SSSR count). The van der Waals surface area contributed by atoms with Crippen LogP contribution in [-0.4, -0.2) is 37.4 Å². The summed E-state index contributed by atoms with van der Waals surface area (Å²) in [4.78, 5) is 10.2. The zero-order valence-corrected chi connectivity index (χ0v) is 8.27. The predicted octanol–water partition coefficient (Wildman–Crippen LogP) is 2.52. The van der Waals surface area contributed by atoms with Gasteiger partial charge >= 0.3 is 30.8 Å². The van der Waals surface area contributed by atoms with Crippen LogP contribution in [0.2, 0.25) is 0 Å². The molecule has 112 valence electrons. The smallest absolute Gasteiger partial charge is 0.363 e. The third kappa shape index (κ3) is 3.79. The number of halogens is 8. The van der Waals surface area contributed by atoms with Crippen molar-refractivity contribution in [3.05, 3.63) is 0 Å². The minimum atomic E-state index is -6.26. The van der Waals surface area contributed by atoms with Gasteiger partial charge in [-0.25, -0.2) is 9.53 Å². The van der Waals surface area contributed by atoms with Crippen molar-refractivity contribution in [3.63, 3.8) is 0 Å². The Hall–Kier alpha value is -1.37. The van der Waals surface area contributed by atoms with Crippen LogP contribution in [0.1, 0.15) is 0 Å². The average Bonchev–Trinajstić information content (AvgIpc) is 2.08. The Labute approximate surface area is 97.5 Å². The van der Waals surface area contributed by atoms with Crippen molar-refractivity contribution in [2.75, 3.05) is 6.61 Å². The molecule has 0 saturated carbocycles. The number of rotatable bonds is 4. The Bertz CT molecular complexity index is 352. The van der Waals surface area contributed by atoms with E-state index in [1.807, 2.05) is 0 Å². The molecular weight excluding hydrogens is 304 g/mol. The van der Waals surface area contributed by atoms with Crippen LogP contribution in [0.5, 0.6) is 0 Å². The van der Waals surface area contributed by atoms with Gasteiger partial charge in [0.15, 0.2) is 6.61 Å². The third-order valence-electron chi connectivity index (χ3n) is 1.50. The highest BCUT2D eigenvalue weighted by atomic mass is 19.4. The van der Waals surface area contributed by atoms with Crippen molar-refractivity contribution in [1.82, 2.24) is 0 Å². The van der Waals surface area contributed by atoms with Crippen LogP contribution in [-0.2, 0) is 18.9 Å². The van der Waals surface area contributed by atoms with E-state index in [-0.39, 0.29) is 0 Å². The molecule has 19 heavy (non-hydrogen) atoms. The first-order valence-electron chi connectivity index (χ1n) is 4.04. The van der Waals surface area contributed by atoms with Crippen molar-refractivity contribution in [3.8, 4) is 0 Å². The number of ether oxygens (including phenoxy) is 4. The molecule has 1 fully saturated rings. The normalized spacial score (nSPS) is 19.5. The molecule has 0 aromatic carbocycles. The maximum atomic E-state index is 12.4. The molecule has 0 aliphatic carbocycles. The van der Waals surface area contributed by atoms with Crippen molar-refractivity contribution in [1.29, 1.82) is 0 Å². The largest absolute Gasteiger partial charge is 0.522 e. The zero-order valence-electron chi connectivity index (χ0n) is 8.27. The summed E-state index contributed by atoms with van der Waals surface area (Å²) in [6, 6.07) is 0. The van der Waals surface area contributed by atoms with Crippen LogP contribution < -0.4 is 0 Å². The second-order valence-electron chi connectivity index (χ2n) is 2.99. The van der Waals surface area contributed by atoms with Gasteiger partial charge < -0.3 is 9.47 Å². The van der Waals surface area contributed by atoms with Crippen LogP contribution in [0.25, 0.3) is 0 Å². The minimum Gasteiger partial charge on any atom is -0.363 e. The second kappa shape index (κ2) is 4.33. The lowest BCUT2D eigenvalue weighted by Crippen LogP contribution is -2.61. The fourth-order valence-electron chi connectivity index (χ4n) is 0.815. The van der Waals surface area contributed by atoms with Crippen LogP contribution in [0.4, 0.5) is 39.9 Å². The molecule has 0 N–H and O–H groups in total. The molecule has 0 bridgehead atoms. The first-order valence-corrected chi connectivity index (χ1v) is 4.04. The van der Waals surface area contributed by atoms with Crippen molar-refractivity contribution < 1.29 is 58.9 Å². The Morgan fingerprint density at radius 2 is 1.47 bits per heavy atom. The van der Waals surface area contributed by atoms with Crippen LogP contribution in [0, 0.1) is 0 Å². The number of alkyl halides is 8. The van der Waals surface area contributed by atoms with Gasteiger partial charge in [0.2, 0.25) is 0 Å². The Balaban J connectivity index is 2.76. The van der Waals surface area contributed by atoms with E-state index in [1.165, 1.54) is 0 Å². The average molecular weight is 306 g/mol. The van der Waals surface area contributed by atoms with Crippen LogP contribution >= 0.6 is 0 Å². The highest BCUT2D eigenvalue weighted by Crippen LogP contribution is 2.43. The molecule has 0 aromatic heterocycles. The fraction of sp³-hybridized carbons (Fsp3) is 0.833. The standard InChI is InChI=1S/C6H2F8O5/c7-4(8,9)5(10,11)19-3(17-2(15)18-3)1-16-6(12,13)14/h1H2. The van der Waals surface area contributed by atoms with E-state index in [0.717, 1.165) is 0 Å². The first kappa shape index (κ1) is 15.7. The van der Waals surface area contributed by atoms with E-state index in [4.69, 9.17) is 0 Å². The molecule has 1 aliphatic rings. The minimum absolute atomic E-state index is 1.80. The summed E-state index contributed by atoms with van der Waals surface area (Å²) in [6.45, 7) is -2.06. The van der Waals surface area contributed by atoms with Gasteiger partial charge in [-0.1, -0.05) is 0 Å². The topological polar surface area (TPSA) is 54.0 Å². The molecule has 1 saturated heterocycles. The highest BCUT2D eigenvalue weighted by Gasteiger charge is 2.68. The van der Waals surface area contributed by atoms with Gasteiger partial charge in [0.1, 0.15) is 0 Å². The Kier molecular flexibility index (Phi) is 3.58. The fourth-order valence-corrected chi connectivity index (χ4v) is 0.815. The van der Waals surface area contributed by atoms with Crippen LogP contribution in [0.3, 0.4) is 0 Å². The second-order valence-corrected chi connectivity index (χ2v) is 2.99. The van der Waals surface area contributed by atoms with E-state index in [9.17, 15) is 39.9 Å². The summed E-state index contributed by atoms with van der Waals surface area (Å²) in [6.07, 6.45) is -19.4. The van der Waals surface area contributed by atoms with Crippen molar-refractivity contribution in [2.24, 2.45) is 0 Å². The van der Waals surface area contributed by atoms with Gasteiger partial charge in [-0.05, 0) is 0 Å². The van der Waals surface area contributed by atoms with Gasteiger partial charge in [-0.3, -0.25) is 4.74 Å². The molecule has 13 heteroatoms. The molecule has 1 aliphatic heterocycles. The zero-order chi connectivity index (χ0) is 15.1. The summed E-state index contributed by atoms with van der Waals surface area (Å²) >= 11 is 0. The molecular formula is C6H2F8O5. The van der Waals surface area contributed by atoms with E-state index < -0.39 is 37.4 Å². The summed E-state index contributed by atoms with van der Waals surface area (Å²) in [5, 5.41) is 0. The van der Waals surface area contributed by atoms with E-state index in [2.05, 4.69) is 18.9 Å². The number of hydrogen-bond acceptors (Lipinski definition) is 5. The number of carbonyl (C=O) groups is 1. The third-order valence-corrected chi connectivity index (χ3v) is 1.50. The molecule has 1 heterocycles. The maximum absolute atomic E-state index is 12.4. The number of cyclic esters (lactones) is 2. The van der Waals surface area contributed by atoms with Crippen LogP contribution in [0.15, 0.2) is 0 Å². The van der Waals surface area contributed by atoms with Gasteiger partial charge in [0.05, 0.1) is 0 Å². The maximum Gasteiger partial charge on any atom is 0.522 e. The van der Waals surface area contributed by atoms with E-state index in [0.29, 0.717) is 0 Å². The Morgan fingerprint density at radius 3 is 1.79 bits per heavy atom. The lowest BCUT2D eigenvalue weighted by molar-refractivity contribution is -0.528. The summed E-state index contributed by atoms with van der Waals surface area (Å²) in [5.41, 5.74) is 0. The lowest BCUT2D eigenvalue weighted by atomic mass is 10.5. The Morgan fingerprint density at radius 1 is 1.00 bits per heavy atom. The lowest BCUT2D eigenvalue weighted by Gasteiger charge is -2.39. The monoisotopic (exact) mass is 306 g/mol. The summed E-state index contributed by atoms with van der Waals surface area (Å²) < 4.78 is 108. The molecule has 0 amide bonds. The molecule has 0 atom stereocenters. The number of carbonyl (C=O) groups excluding carboxylic acids is 1. The predicted molar refractivity (Wildman–Crippen MR) is 34.4 cm³/mol. The van der Waals surface area contributed by atoms with Crippen molar-refractivity contribution in [2.45, 2.75) is 24.6 Å². The van der Waals surface area contributed by atoms with Gasteiger partial charge in [-0.15, -0.1) is 13.2 Å². The molecule has 0 aromatic rings. The summed E-state index contributed by atoms with van der Waals surface area (Å²) in [7, 11) is 0. The SMILES string of the molecule is O=C1OC(COC(F)(F)F)(OC(F)(F)C(F)(F)F)O1. The van der Waals surface area contributed by atoms with Crippen molar-refractivity contribution >= 4 is 6.16 Å². The highest BCUT2D eigenvalue weighted by molar-refractivity contribution is 5.65. The molecule has 5 nitrogen and oxygen atoms in total. The number of hydrogen-bond donors (Lipinski definition) is 0. The molecule has 0 spiro atoms. The van der Waals surface area contributed by atoms with E-state index >= 15 is 0 Å². The summed E-state index contributed by atoms with van der Waals surface area (Å²) in [5.74, 6) is -3.62. The molecule has 0 unspecified atom stereocenters. The van der Waals surface area contributed by atoms with Gasteiger partial charge in [-0.2, -0.15) is 22.0 Å². The van der Waals surface area contributed by atoms with Gasteiger partial charge in [0, 0.05) is 0 Å².